The van der Waals surface area contributed by atoms with Crippen LogP contribution in [0.1, 0.15) is 59.8 Å². The van der Waals surface area contributed by atoms with E-state index in [-0.39, 0.29) is 6.42 Å². The molecule has 0 aromatic heterocycles. The van der Waals surface area contributed by atoms with Gasteiger partial charge in [0.15, 0.2) is 0 Å². The fraction of sp³-hybridized carbons (Fsp3) is 0.867. The van der Waals surface area contributed by atoms with Crippen molar-refractivity contribution in [3.63, 3.8) is 0 Å². The van der Waals surface area contributed by atoms with E-state index in [1.54, 1.807) is 10.1 Å². The molecule has 0 atom stereocenters. The second-order valence-electron chi connectivity index (χ2n) is 4.96. The van der Waals surface area contributed by atoms with Crippen molar-refractivity contribution in [2.45, 2.75) is 59.8 Å². The van der Waals surface area contributed by atoms with Crippen LogP contribution < -0.4 is 0 Å². The summed E-state index contributed by atoms with van der Waals surface area (Å²) in [4.78, 5) is 33.8. The zero-order valence-corrected chi connectivity index (χ0v) is 13.9. The first-order valence-electron chi connectivity index (χ1n) is 7.98. The maximum Gasteiger partial charge on any atom is 0.336 e. The van der Waals surface area contributed by atoms with E-state index in [4.69, 9.17) is 9.68 Å². The highest BCUT2D eigenvalue weighted by Crippen LogP contribution is 2.02. The van der Waals surface area contributed by atoms with Crippen LogP contribution in [0.15, 0.2) is 0 Å². The average Bonchev–Trinajstić information content (AvgIpc) is 2.39. The Morgan fingerprint density at radius 1 is 0.667 bits per heavy atom. The van der Waals surface area contributed by atoms with E-state index < -0.39 is 11.9 Å². The minimum atomic E-state index is -0.560. The Morgan fingerprint density at radius 2 is 0.952 bits per heavy atom. The Hall–Kier alpha value is -1.14. The van der Waals surface area contributed by atoms with E-state index in [1.807, 2.05) is 27.7 Å². The van der Waals surface area contributed by atoms with Crippen LogP contribution in [-0.4, -0.2) is 48.2 Å². The maximum atomic E-state index is 11.7. The summed E-state index contributed by atoms with van der Waals surface area (Å²) in [6.07, 6.45) is 3.20. The van der Waals surface area contributed by atoms with Crippen molar-refractivity contribution < 1.29 is 19.3 Å². The van der Waals surface area contributed by atoms with Crippen molar-refractivity contribution >= 4 is 11.9 Å². The summed E-state index contributed by atoms with van der Waals surface area (Å²) in [5.41, 5.74) is 0. The summed E-state index contributed by atoms with van der Waals surface area (Å²) in [6, 6.07) is 0. The van der Waals surface area contributed by atoms with Crippen LogP contribution in [0.25, 0.3) is 0 Å². The molecule has 0 saturated carbocycles. The van der Waals surface area contributed by atoms with Gasteiger partial charge in [-0.25, -0.2) is 9.59 Å². The van der Waals surface area contributed by atoms with Crippen molar-refractivity contribution in [1.82, 2.24) is 10.1 Å². The highest BCUT2D eigenvalue weighted by Gasteiger charge is 2.18. The SMILES string of the molecule is CCCN(CCC)OC(=O)CC(=O)ON(CCC)CCC. The molecule has 0 fully saturated rings. The van der Waals surface area contributed by atoms with Crippen LogP contribution in [0.2, 0.25) is 0 Å². The minimum absolute atomic E-state index is 0.353. The Labute approximate surface area is 128 Å². The lowest BCUT2D eigenvalue weighted by molar-refractivity contribution is -0.203. The van der Waals surface area contributed by atoms with Gasteiger partial charge >= 0.3 is 11.9 Å². The predicted octanol–water partition coefficient (Wildman–Crippen LogP) is 2.54. The largest absolute Gasteiger partial charge is 0.367 e. The van der Waals surface area contributed by atoms with E-state index in [0.717, 1.165) is 25.7 Å². The third kappa shape index (κ3) is 10.3. The van der Waals surface area contributed by atoms with Gasteiger partial charge in [0.25, 0.3) is 0 Å². The number of nitrogens with zero attached hydrogens (tertiary/aromatic N) is 2. The quantitative estimate of drug-likeness (QED) is 0.408. The molecule has 0 unspecified atom stereocenters. The van der Waals surface area contributed by atoms with Crippen molar-refractivity contribution in [2.24, 2.45) is 0 Å². The summed E-state index contributed by atoms with van der Waals surface area (Å²) in [7, 11) is 0. The van der Waals surface area contributed by atoms with Crippen molar-refractivity contribution in [3.8, 4) is 0 Å². The average molecular weight is 302 g/mol. The lowest BCUT2D eigenvalue weighted by Gasteiger charge is -2.21. The summed E-state index contributed by atoms with van der Waals surface area (Å²) in [5.74, 6) is -1.12. The molecule has 124 valence electrons. The molecule has 0 N–H and O–H groups in total. The van der Waals surface area contributed by atoms with Gasteiger partial charge in [0.2, 0.25) is 0 Å². The number of hydrogen-bond donors (Lipinski definition) is 0. The van der Waals surface area contributed by atoms with Gasteiger partial charge in [-0.3, -0.25) is 0 Å². The first-order chi connectivity index (χ1) is 10.1. The molecule has 0 aliphatic carbocycles. The van der Waals surface area contributed by atoms with Gasteiger partial charge in [-0.05, 0) is 25.7 Å². The third-order valence-corrected chi connectivity index (χ3v) is 2.64. The molecule has 0 aliphatic heterocycles. The monoisotopic (exact) mass is 302 g/mol. The molecule has 0 aromatic rings. The smallest absolute Gasteiger partial charge is 0.336 e. The van der Waals surface area contributed by atoms with Crippen LogP contribution in [-0.2, 0) is 19.3 Å². The second-order valence-corrected chi connectivity index (χ2v) is 4.96. The number of hydrogen-bond acceptors (Lipinski definition) is 6. The summed E-state index contributed by atoms with van der Waals surface area (Å²) < 4.78 is 0. The Balaban J connectivity index is 4.19. The van der Waals surface area contributed by atoms with Crippen LogP contribution in [0.4, 0.5) is 0 Å². The lowest BCUT2D eigenvalue weighted by atomic mass is 10.4. The Morgan fingerprint density at radius 3 is 1.19 bits per heavy atom. The summed E-state index contributed by atoms with van der Waals surface area (Å²) in [6.45, 7) is 10.7. The van der Waals surface area contributed by atoms with Gasteiger partial charge in [0, 0.05) is 26.2 Å². The molecular formula is C15H30N2O4. The van der Waals surface area contributed by atoms with Gasteiger partial charge < -0.3 is 9.68 Å². The van der Waals surface area contributed by atoms with Crippen molar-refractivity contribution in [3.05, 3.63) is 0 Å². The Bertz CT molecular complexity index is 257. The first-order valence-corrected chi connectivity index (χ1v) is 7.98. The standard InChI is InChI=1S/C15H30N2O4/c1-5-9-16(10-6-2)20-14(18)13-15(19)21-17(11-7-3)12-8-4/h5-13H2,1-4H3. The van der Waals surface area contributed by atoms with Crippen LogP contribution in [0, 0.1) is 0 Å². The minimum Gasteiger partial charge on any atom is -0.367 e. The molecule has 0 spiro atoms. The first kappa shape index (κ1) is 19.9. The van der Waals surface area contributed by atoms with E-state index in [2.05, 4.69) is 0 Å². The number of hydroxylamine groups is 4. The van der Waals surface area contributed by atoms with E-state index >= 15 is 0 Å². The van der Waals surface area contributed by atoms with Gasteiger partial charge in [0.1, 0.15) is 6.42 Å². The predicted molar refractivity (Wildman–Crippen MR) is 81.1 cm³/mol. The number of carbonyl (C=O) groups excluding carboxylic acids is 2. The van der Waals surface area contributed by atoms with Crippen molar-refractivity contribution in [2.75, 3.05) is 26.2 Å². The molecule has 0 bridgehead atoms. The fourth-order valence-corrected chi connectivity index (χ4v) is 1.87. The normalized spacial score (nSPS) is 11.0. The number of rotatable bonds is 12. The molecule has 0 rings (SSSR count). The molecule has 0 heterocycles. The summed E-state index contributed by atoms with van der Waals surface area (Å²) in [5, 5.41) is 3.21. The highest BCUT2D eigenvalue weighted by atomic mass is 16.7. The molecule has 0 amide bonds. The zero-order chi connectivity index (χ0) is 16.1. The van der Waals surface area contributed by atoms with Crippen LogP contribution >= 0.6 is 0 Å². The van der Waals surface area contributed by atoms with Crippen molar-refractivity contribution in [1.29, 1.82) is 0 Å². The van der Waals surface area contributed by atoms with Gasteiger partial charge in [-0.15, -0.1) is 10.1 Å². The number of carbonyl (C=O) groups is 2. The van der Waals surface area contributed by atoms with E-state index in [9.17, 15) is 9.59 Å². The molecule has 6 nitrogen and oxygen atoms in total. The van der Waals surface area contributed by atoms with Gasteiger partial charge in [-0.2, -0.15) is 0 Å². The molecule has 0 aromatic carbocycles. The van der Waals surface area contributed by atoms with Crippen LogP contribution in [0.3, 0.4) is 0 Å². The lowest BCUT2D eigenvalue weighted by Crippen LogP contribution is -2.33. The van der Waals surface area contributed by atoms with Gasteiger partial charge in [0.05, 0.1) is 0 Å². The Kier molecular flexibility index (Phi) is 11.9. The molecule has 0 radical (unpaired) electrons. The molecular weight excluding hydrogens is 272 g/mol. The molecule has 21 heavy (non-hydrogen) atoms. The molecule has 6 heteroatoms. The zero-order valence-electron chi connectivity index (χ0n) is 13.9. The van der Waals surface area contributed by atoms with E-state index in [1.165, 1.54) is 0 Å². The topological polar surface area (TPSA) is 59.1 Å². The third-order valence-electron chi connectivity index (χ3n) is 2.64. The van der Waals surface area contributed by atoms with Gasteiger partial charge in [-0.1, -0.05) is 27.7 Å². The molecule has 0 aliphatic rings. The fourth-order valence-electron chi connectivity index (χ4n) is 1.87. The summed E-state index contributed by atoms with van der Waals surface area (Å²) >= 11 is 0. The highest BCUT2D eigenvalue weighted by molar-refractivity contribution is 5.90. The maximum absolute atomic E-state index is 11.7. The molecule has 0 saturated heterocycles. The van der Waals surface area contributed by atoms with Crippen LogP contribution in [0.5, 0.6) is 0 Å². The van der Waals surface area contributed by atoms with E-state index in [0.29, 0.717) is 26.2 Å². The second kappa shape index (κ2) is 12.6.